The van der Waals surface area contributed by atoms with Crippen LogP contribution in [0.1, 0.15) is 111 Å². The third-order valence-corrected chi connectivity index (χ3v) is 12.3. The van der Waals surface area contributed by atoms with E-state index in [1.54, 1.807) is 0 Å². The summed E-state index contributed by atoms with van der Waals surface area (Å²) in [4.78, 5) is 0. The number of aliphatic hydroxyl groups is 1. The molecule has 0 saturated heterocycles. The molecule has 4 aliphatic rings. The Hall–Kier alpha value is -0.860. The summed E-state index contributed by atoms with van der Waals surface area (Å²) >= 11 is 0. The number of hydrogen-bond acceptors (Lipinski definition) is 2. The summed E-state index contributed by atoms with van der Waals surface area (Å²) in [5.41, 5.74) is 2.28. The third-order valence-electron chi connectivity index (χ3n) is 12.3. The molecule has 0 bridgehead atoms. The van der Waals surface area contributed by atoms with E-state index in [0.29, 0.717) is 16.7 Å². The van der Waals surface area contributed by atoms with E-state index in [9.17, 15) is 5.11 Å². The van der Waals surface area contributed by atoms with Gasteiger partial charge in [0.05, 0.1) is 6.10 Å². The lowest BCUT2D eigenvalue weighted by atomic mass is 9.44. The highest BCUT2D eigenvalue weighted by Crippen LogP contribution is 2.68. The number of aliphatic hydroxyl groups excluding tert-OH is 1. The molecule has 10 atom stereocenters. The molecule has 202 valence electrons. The van der Waals surface area contributed by atoms with E-state index in [2.05, 4.69) is 70.3 Å². The van der Waals surface area contributed by atoms with Gasteiger partial charge in [0.25, 0.3) is 0 Å². The quantitative estimate of drug-likeness (QED) is 0.382. The number of rotatable bonds is 8. The fourth-order valence-electron chi connectivity index (χ4n) is 10.4. The first-order chi connectivity index (χ1) is 17.2. The van der Waals surface area contributed by atoms with Crippen LogP contribution in [0.3, 0.4) is 0 Å². The Bertz CT molecular complexity index is 852. The van der Waals surface area contributed by atoms with Crippen molar-refractivity contribution >= 4 is 0 Å². The van der Waals surface area contributed by atoms with Crippen LogP contribution in [0.25, 0.3) is 0 Å². The molecule has 2 heteroatoms. The minimum Gasteiger partial charge on any atom is -0.391 e. The first kappa shape index (κ1) is 26.7. The number of nitrogens with one attached hydrogen (secondary N) is 1. The monoisotopic (exact) mass is 493 g/mol. The Labute approximate surface area is 222 Å². The molecule has 2 nitrogen and oxygen atoms in total. The molecule has 2 N–H and O–H groups in total. The molecule has 4 saturated carbocycles. The van der Waals surface area contributed by atoms with E-state index in [4.69, 9.17) is 0 Å². The van der Waals surface area contributed by atoms with Gasteiger partial charge in [0.1, 0.15) is 0 Å². The fraction of sp³-hybridized carbons (Fsp3) is 0.824. The molecule has 4 aliphatic carbocycles. The molecular formula is C34H55NO. The zero-order valence-electron chi connectivity index (χ0n) is 24.0. The van der Waals surface area contributed by atoms with Crippen LogP contribution in [0.5, 0.6) is 0 Å². The SMILES string of the molecule is CC(C)CCC[C@@H](C)[C@H]1CC[C@H]2[C@@H]3CC[C@H]4C[C@H](O)[C@@H](NCc5ccccc5)C[C@]4(C)[C@H]3CC[C@]12C. The lowest BCUT2D eigenvalue weighted by Crippen LogP contribution is -2.59. The summed E-state index contributed by atoms with van der Waals surface area (Å²) in [5, 5.41) is 14.9. The van der Waals surface area contributed by atoms with Gasteiger partial charge in [0.15, 0.2) is 0 Å². The van der Waals surface area contributed by atoms with Crippen LogP contribution in [0, 0.1) is 52.3 Å². The molecule has 0 spiro atoms. The van der Waals surface area contributed by atoms with E-state index in [1.165, 1.54) is 63.4 Å². The smallest absolute Gasteiger partial charge is 0.0696 e. The van der Waals surface area contributed by atoms with Crippen LogP contribution in [-0.4, -0.2) is 17.3 Å². The molecule has 5 rings (SSSR count). The van der Waals surface area contributed by atoms with Gasteiger partial charge in [0.2, 0.25) is 0 Å². The highest BCUT2D eigenvalue weighted by atomic mass is 16.3. The largest absolute Gasteiger partial charge is 0.391 e. The normalized spacial score (nSPS) is 43.0. The van der Waals surface area contributed by atoms with Gasteiger partial charge in [-0.25, -0.2) is 0 Å². The summed E-state index contributed by atoms with van der Waals surface area (Å²) in [7, 11) is 0. The van der Waals surface area contributed by atoms with Crippen LogP contribution < -0.4 is 5.32 Å². The molecule has 4 fully saturated rings. The van der Waals surface area contributed by atoms with Crippen LogP contribution >= 0.6 is 0 Å². The summed E-state index contributed by atoms with van der Waals surface area (Å²) in [6.45, 7) is 13.6. The predicted octanol–water partition coefficient (Wildman–Crippen LogP) is 8.24. The minimum absolute atomic E-state index is 0.195. The molecule has 1 aromatic carbocycles. The van der Waals surface area contributed by atoms with Crippen molar-refractivity contribution in [3.8, 4) is 0 Å². The van der Waals surface area contributed by atoms with Gasteiger partial charge < -0.3 is 10.4 Å². The molecule has 0 unspecified atom stereocenters. The molecule has 0 radical (unpaired) electrons. The third kappa shape index (κ3) is 4.95. The van der Waals surface area contributed by atoms with Crippen molar-refractivity contribution in [2.75, 3.05) is 0 Å². The van der Waals surface area contributed by atoms with E-state index >= 15 is 0 Å². The van der Waals surface area contributed by atoms with Crippen LogP contribution in [0.4, 0.5) is 0 Å². The number of hydrogen-bond donors (Lipinski definition) is 2. The van der Waals surface area contributed by atoms with Gasteiger partial charge in [-0.05, 0) is 109 Å². The Morgan fingerprint density at radius 2 is 1.67 bits per heavy atom. The van der Waals surface area contributed by atoms with Gasteiger partial charge in [-0.2, -0.15) is 0 Å². The minimum atomic E-state index is -0.195. The van der Waals surface area contributed by atoms with Gasteiger partial charge in [-0.3, -0.25) is 0 Å². The van der Waals surface area contributed by atoms with Crippen molar-refractivity contribution in [3.05, 3.63) is 35.9 Å². The first-order valence-corrected chi connectivity index (χ1v) is 15.7. The van der Waals surface area contributed by atoms with Crippen LogP contribution in [0.2, 0.25) is 0 Å². The van der Waals surface area contributed by atoms with Crippen LogP contribution in [-0.2, 0) is 6.54 Å². The fourth-order valence-corrected chi connectivity index (χ4v) is 10.4. The molecule has 36 heavy (non-hydrogen) atoms. The van der Waals surface area contributed by atoms with Crippen molar-refractivity contribution in [1.29, 1.82) is 0 Å². The summed E-state index contributed by atoms with van der Waals surface area (Å²) in [6.07, 6.45) is 14.8. The van der Waals surface area contributed by atoms with Crippen molar-refractivity contribution in [2.45, 2.75) is 124 Å². The van der Waals surface area contributed by atoms with Gasteiger partial charge in [-0.15, -0.1) is 0 Å². The van der Waals surface area contributed by atoms with Crippen molar-refractivity contribution in [2.24, 2.45) is 52.3 Å². The summed E-state index contributed by atoms with van der Waals surface area (Å²) in [5.74, 6) is 6.10. The second-order valence-electron chi connectivity index (χ2n) is 14.7. The molecular weight excluding hydrogens is 438 g/mol. The standard InChI is InChI=1S/C34H55NO/c1-23(2)10-9-11-24(3)28-16-17-29-27-15-14-26-20-32(36)31(35-22-25-12-7-6-8-13-25)21-34(26,5)30(27)18-19-33(28,29)4/h6-8,12-13,23-24,26-32,35-36H,9-11,14-22H2,1-5H3/t24-,26+,27+,28-,29+,30+,31+,32+,33-,34+/m1/s1. The Kier molecular flexibility index (Phi) is 7.96. The zero-order valence-corrected chi connectivity index (χ0v) is 24.0. The molecule has 1 aromatic rings. The second-order valence-corrected chi connectivity index (χ2v) is 14.7. The maximum absolute atomic E-state index is 11.1. The van der Waals surface area contributed by atoms with Gasteiger partial charge in [0, 0.05) is 12.6 Å². The lowest BCUT2D eigenvalue weighted by Gasteiger charge is -2.62. The van der Waals surface area contributed by atoms with Crippen LogP contribution in [0.15, 0.2) is 30.3 Å². The molecule has 0 amide bonds. The maximum Gasteiger partial charge on any atom is 0.0696 e. The number of benzene rings is 1. The van der Waals surface area contributed by atoms with E-state index in [1.807, 2.05) is 0 Å². The molecule has 0 heterocycles. The Morgan fingerprint density at radius 3 is 2.42 bits per heavy atom. The average molecular weight is 494 g/mol. The van der Waals surface area contributed by atoms with E-state index < -0.39 is 0 Å². The van der Waals surface area contributed by atoms with E-state index in [0.717, 1.165) is 54.9 Å². The van der Waals surface area contributed by atoms with Gasteiger partial charge >= 0.3 is 0 Å². The highest BCUT2D eigenvalue weighted by Gasteiger charge is 2.61. The van der Waals surface area contributed by atoms with Crippen molar-refractivity contribution < 1.29 is 5.11 Å². The summed E-state index contributed by atoms with van der Waals surface area (Å²) in [6, 6.07) is 11.0. The Balaban J connectivity index is 1.27. The molecule has 0 aliphatic heterocycles. The van der Waals surface area contributed by atoms with Gasteiger partial charge in [-0.1, -0.05) is 84.2 Å². The van der Waals surface area contributed by atoms with E-state index in [-0.39, 0.29) is 12.1 Å². The predicted molar refractivity (Wildman–Crippen MR) is 152 cm³/mol. The second kappa shape index (κ2) is 10.7. The Morgan fingerprint density at radius 1 is 0.917 bits per heavy atom. The average Bonchev–Trinajstić information content (AvgIpc) is 3.21. The topological polar surface area (TPSA) is 32.3 Å². The molecule has 0 aromatic heterocycles. The highest BCUT2D eigenvalue weighted by molar-refractivity contribution is 5.15. The van der Waals surface area contributed by atoms with Crippen molar-refractivity contribution in [3.63, 3.8) is 0 Å². The zero-order chi connectivity index (χ0) is 25.5. The number of fused-ring (bicyclic) bond motifs is 5. The maximum atomic E-state index is 11.1. The summed E-state index contributed by atoms with van der Waals surface area (Å²) < 4.78 is 0. The van der Waals surface area contributed by atoms with Crippen molar-refractivity contribution in [1.82, 2.24) is 5.32 Å². The first-order valence-electron chi connectivity index (χ1n) is 15.7. The lowest BCUT2D eigenvalue weighted by molar-refractivity contribution is -0.137.